The quantitative estimate of drug-likeness (QED) is 0.798. The highest BCUT2D eigenvalue weighted by Crippen LogP contribution is 2.29. The maximum Gasteiger partial charge on any atom is 0.221 e. The van der Waals surface area contributed by atoms with Crippen molar-refractivity contribution in [1.82, 2.24) is 5.32 Å². The van der Waals surface area contributed by atoms with E-state index in [2.05, 4.69) is 5.32 Å². The molecule has 0 bridgehead atoms. The molecular formula is C13H20N2O3. The molecule has 0 saturated carbocycles. The highest BCUT2D eigenvalue weighted by molar-refractivity contribution is 5.76. The largest absolute Gasteiger partial charge is 0.497 e. The number of carbonyl (C=O) groups is 1. The zero-order chi connectivity index (χ0) is 13.5. The van der Waals surface area contributed by atoms with Crippen LogP contribution in [0.15, 0.2) is 18.2 Å². The first-order chi connectivity index (χ1) is 8.62. The molecule has 5 heteroatoms. The van der Waals surface area contributed by atoms with Gasteiger partial charge in [0.1, 0.15) is 11.5 Å². The Morgan fingerprint density at radius 3 is 2.67 bits per heavy atom. The predicted molar refractivity (Wildman–Crippen MR) is 69.8 cm³/mol. The van der Waals surface area contributed by atoms with Gasteiger partial charge in [-0.2, -0.15) is 0 Å². The van der Waals surface area contributed by atoms with Crippen molar-refractivity contribution in [2.45, 2.75) is 19.4 Å². The molecule has 5 nitrogen and oxygen atoms in total. The van der Waals surface area contributed by atoms with E-state index in [9.17, 15) is 4.79 Å². The molecule has 1 amide bonds. The van der Waals surface area contributed by atoms with Gasteiger partial charge < -0.3 is 20.5 Å². The topological polar surface area (TPSA) is 73.6 Å². The zero-order valence-electron chi connectivity index (χ0n) is 11.0. The number of ether oxygens (including phenoxy) is 2. The maximum atomic E-state index is 11.5. The summed E-state index contributed by atoms with van der Waals surface area (Å²) in [4.78, 5) is 11.5. The van der Waals surface area contributed by atoms with Crippen molar-refractivity contribution in [3.63, 3.8) is 0 Å². The summed E-state index contributed by atoms with van der Waals surface area (Å²) in [6.45, 7) is 2.47. The van der Waals surface area contributed by atoms with Crippen LogP contribution in [0.2, 0.25) is 0 Å². The van der Waals surface area contributed by atoms with Crippen molar-refractivity contribution in [2.75, 3.05) is 20.8 Å². The Morgan fingerprint density at radius 2 is 2.11 bits per heavy atom. The third-order valence-electron chi connectivity index (χ3n) is 2.62. The summed E-state index contributed by atoms with van der Waals surface area (Å²) < 4.78 is 10.4. The first-order valence-corrected chi connectivity index (χ1v) is 5.86. The van der Waals surface area contributed by atoms with E-state index in [1.807, 2.05) is 6.92 Å². The first-order valence-electron chi connectivity index (χ1n) is 5.86. The van der Waals surface area contributed by atoms with Gasteiger partial charge in [-0.15, -0.1) is 0 Å². The van der Waals surface area contributed by atoms with Gasteiger partial charge in [-0.25, -0.2) is 0 Å². The van der Waals surface area contributed by atoms with Gasteiger partial charge in [0.05, 0.1) is 14.2 Å². The maximum absolute atomic E-state index is 11.5. The normalized spacial score (nSPS) is 11.8. The van der Waals surface area contributed by atoms with Gasteiger partial charge in [0, 0.05) is 24.6 Å². The van der Waals surface area contributed by atoms with Crippen LogP contribution in [0.25, 0.3) is 0 Å². The monoisotopic (exact) mass is 252 g/mol. The lowest BCUT2D eigenvalue weighted by molar-refractivity contribution is -0.121. The third kappa shape index (κ3) is 3.63. The molecule has 0 aliphatic rings. The molecule has 0 aliphatic carbocycles. The van der Waals surface area contributed by atoms with Crippen LogP contribution < -0.4 is 20.5 Å². The fraction of sp³-hybridized carbons (Fsp3) is 0.462. The predicted octanol–water partition coefficient (Wildman–Crippen LogP) is 1.23. The van der Waals surface area contributed by atoms with Crippen LogP contribution in [0, 0.1) is 0 Å². The second-order valence-corrected chi connectivity index (χ2v) is 3.87. The molecule has 1 aromatic rings. The first kappa shape index (κ1) is 14.3. The van der Waals surface area contributed by atoms with Gasteiger partial charge in [-0.1, -0.05) is 0 Å². The van der Waals surface area contributed by atoms with Crippen molar-refractivity contribution in [2.24, 2.45) is 5.73 Å². The van der Waals surface area contributed by atoms with E-state index in [-0.39, 0.29) is 12.3 Å². The second kappa shape index (κ2) is 6.86. The molecule has 1 rings (SSSR count). The van der Waals surface area contributed by atoms with E-state index in [1.54, 1.807) is 32.4 Å². The molecule has 0 aliphatic heterocycles. The molecule has 0 heterocycles. The lowest BCUT2D eigenvalue weighted by Gasteiger charge is -2.16. The van der Waals surface area contributed by atoms with Gasteiger partial charge in [-0.3, -0.25) is 4.79 Å². The molecule has 1 unspecified atom stereocenters. The van der Waals surface area contributed by atoms with Gasteiger partial charge in [0.2, 0.25) is 5.91 Å². The van der Waals surface area contributed by atoms with Crippen molar-refractivity contribution in [1.29, 1.82) is 0 Å². The summed E-state index contributed by atoms with van der Waals surface area (Å²) >= 11 is 0. The Hall–Kier alpha value is -1.75. The van der Waals surface area contributed by atoms with Crippen LogP contribution in [0.5, 0.6) is 11.5 Å². The molecule has 0 fully saturated rings. The Kier molecular flexibility index (Phi) is 5.45. The molecule has 100 valence electrons. The average molecular weight is 252 g/mol. The van der Waals surface area contributed by atoms with Gasteiger partial charge in [0.15, 0.2) is 0 Å². The number of methoxy groups -OCH3 is 2. The van der Waals surface area contributed by atoms with Crippen molar-refractivity contribution >= 4 is 5.91 Å². The number of carbonyl (C=O) groups excluding carboxylic acids is 1. The van der Waals surface area contributed by atoms with Crippen LogP contribution in [-0.2, 0) is 4.79 Å². The summed E-state index contributed by atoms with van der Waals surface area (Å²) in [6, 6.07) is 4.96. The summed E-state index contributed by atoms with van der Waals surface area (Å²) in [5.41, 5.74) is 6.80. The van der Waals surface area contributed by atoms with E-state index in [0.717, 1.165) is 5.56 Å². The molecule has 0 radical (unpaired) electrons. The zero-order valence-corrected chi connectivity index (χ0v) is 11.0. The Labute approximate surface area is 107 Å². The molecule has 0 spiro atoms. The highest BCUT2D eigenvalue weighted by atomic mass is 16.5. The molecule has 1 atom stereocenters. The molecule has 18 heavy (non-hydrogen) atoms. The molecule has 0 aromatic heterocycles. The minimum absolute atomic E-state index is 0.0742. The van der Waals surface area contributed by atoms with Crippen molar-refractivity contribution in [3.05, 3.63) is 23.8 Å². The lowest BCUT2D eigenvalue weighted by atomic mass is 10.0. The summed E-state index contributed by atoms with van der Waals surface area (Å²) in [5, 5.41) is 2.72. The van der Waals surface area contributed by atoms with Crippen LogP contribution in [0.3, 0.4) is 0 Å². The van der Waals surface area contributed by atoms with Gasteiger partial charge >= 0.3 is 0 Å². The number of amides is 1. The Morgan fingerprint density at radius 1 is 1.39 bits per heavy atom. The Balaban J connectivity index is 2.88. The minimum Gasteiger partial charge on any atom is -0.497 e. The number of nitrogens with one attached hydrogen (secondary N) is 1. The van der Waals surface area contributed by atoms with Crippen LogP contribution in [0.4, 0.5) is 0 Å². The van der Waals surface area contributed by atoms with Gasteiger partial charge in [-0.05, 0) is 25.1 Å². The van der Waals surface area contributed by atoms with E-state index < -0.39 is 6.04 Å². The third-order valence-corrected chi connectivity index (χ3v) is 2.62. The van der Waals surface area contributed by atoms with E-state index in [1.165, 1.54) is 0 Å². The van der Waals surface area contributed by atoms with Crippen LogP contribution in [-0.4, -0.2) is 26.7 Å². The molecule has 3 N–H and O–H groups in total. The standard InChI is InChI=1S/C13H20N2O3/c1-4-15-13(16)8-11(14)10-7-9(17-2)5-6-12(10)18-3/h5-7,11H,4,8,14H2,1-3H3,(H,15,16). The molecule has 1 aromatic carbocycles. The fourth-order valence-electron chi connectivity index (χ4n) is 1.71. The average Bonchev–Trinajstić information content (AvgIpc) is 2.38. The summed E-state index contributed by atoms with van der Waals surface area (Å²) in [7, 11) is 3.16. The number of hydrogen-bond acceptors (Lipinski definition) is 4. The summed E-state index contributed by atoms with van der Waals surface area (Å²) in [6.07, 6.45) is 0.220. The highest BCUT2D eigenvalue weighted by Gasteiger charge is 2.16. The number of rotatable bonds is 6. The van der Waals surface area contributed by atoms with Crippen molar-refractivity contribution < 1.29 is 14.3 Å². The lowest BCUT2D eigenvalue weighted by Crippen LogP contribution is -2.27. The van der Waals surface area contributed by atoms with E-state index in [4.69, 9.17) is 15.2 Å². The Bertz CT molecular complexity index is 407. The second-order valence-electron chi connectivity index (χ2n) is 3.87. The minimum atomic E-state index is -0.415. The number of hydrogen-bond donors (Lipinski definition) is 2. The fourth-order valence-corrected chi connectivity index (χ4v) is 1.71. The summed E-state index contributed by atoms with van der Waals surface area (Å²) in [5.74, 6) is 1.28. The smallest absolute Gasteiger partial charge is 0.221 e. The van der Waals surface area contributed by atoms with E-state index in [0.29, 0.717) is 18.0 Å². The van der Waals surface area contributed by atoms with Gasteiger partial charge in [0.25, 0.3) is 0 Å². The van der Waals surface area contributed by atoms with Crippen LogP contribution >= 0.6 is 0 Å². The van der Waals surface area contributed by atoms with Crippen LogP contribution in [0.1, 0.15) is 24.9 Å². The molecule has 0 saturated heterocycles. The van der Waals surface area contributed by atoms with Crippen molar-refractivity contribution in [3.8, 4) is 11.5 Å². The number of benzene rings is 1. The van der Waals surface area contributed by atoms with E-state index >= 15 is 0 Å². The molecular weight excluding hydrogens is 232 g/mol. The SMILES string of the molecule is CCNC(=O)CC(N)c1cc(OC)ccc1OC. The number of nitrogens with two attached hydrogens (primary N) is 1.